The molecule has 0 aromatic heterocycles. The topological polar surface area (TPSA) is 57.6 Å². The van der Waals surface area contributed by atoms with E-state index in [1.54, 1.807) is 0 Å². The van der Waals surface area contributed by atoms with E-state index in [-0.39, 0.29) is 12.5 Å². The Labute approximate surface area is 116 Å². The lowest BCUT2D eigenvalue weighted by molar-refractivity contribution is -0.144. The van der Waals surface area contributed by atoms with Crippen LogP contribution in [0.5, 0.6) is 0 Å². The van der Waals surface area contributed by atoms with Gasteiger partial charge >= 0.3 is 5.97 Å². The first kappa shape index (κ1) is 15.7. The Morgan fingerprint density at radius 2 is 2.17 bits per heavy atom. The van der Waals surface area contributed by atoms with Crippen LogP contribution in [-0.4, -0.2) is 46.0 Å². The van der Waals surface area contributed by atoms with E-state index in [0.717, 1.165) is 18.1 Å². The van der Waals surface area contributed by atoms with Gasteiger partial charge in [0, 0.05) is 24.0 Å². The maximum Gasteiger partial charge on any atom is 0.323 e. The van der Waals surface area contributed by atoms with Crippen molar-refractivity contribution in [3.8, 4) is 0 Å². The first-order valence-electron chi connectivity index (χ1n) is 6.41. The summed E-state index contributed by atoms with van der Waals surface area (Å²) in [6.45, 7) is 2.11. The molecule has 0 aromatic carbocycles. The zero-order chi connectivity index (χ0) is 13.4. The van der Waals surface area contributed by atoms with Crippen molar-refractivity contribution >= 4 is 33.5 Å². The van der Waals surface area contributed by atoms with E-state index in [1.165, 1.54) is 23.5 Å². The highest BCUT2D eigenvalue weighted by molar-refractivity contribution is 8.77. The number of likely N-dealkylation sites (N-methyl/N-ethyl adjacent to an activating group) is 1. The SMILES string of the molecule is CCN(CC(=O)O)C(=O)CCCC[C@@H]1CCSS1. The molecule has 1 N–H and O–H groups in total. The van der Waals surface area contributed by atoms with Gasteiger partial charge in [0.1, 0.15) is 6.54 Å². The summed E-state index contributed by atoms with van der Waals surface area (Å²) >= 11 is 0. The second kappa shape index (κ2) is 8.69. The van der Waals surface area contributed by atoms with E-state index < -0.39 is 5.97 Å². The molecule has 6 heteroatoms. The van der Waals surface area contributed by atoms with Crippen molar-refractivity contribution in [2.75, 3.05) is 18.8 Å². The minimum Gasteiger partial charge on any atom is -0.480 e. The smallest absolute Gasteiger partial charge is 0.323 e. The normalized spacial score (nSPS) is 18.8. The molecule has 4 nitrogen and oxygen atoms in total. The van der Waals surface area contributed by atoms with Crippen LogP contribution in [0.3, 0.4) is 0 Å². The molecular formula is C12H21NO3S2. The third-order valence-corrected chi connectivity index (χ3v) is 5.96. The molecule has 18 heavy (non-hydrogen) atoms. The van der Waals surface area contributed by atoms with Gasteiger partial charge in [-0.05, 0) is 26.2 Å². The van der Waals surface area contributed by atoms with Crippen molar-refractivity contribution in [1.82, 2.24) is 4.90 Å². The predicted molar refractivity (Wildman–Crippen MR) is 76.8 cm³/mol. The highest BCUT2D eigenvalue weighted by Crippen LogP contribution is 2.39. The van der Waals surface area contributed by atoms with Gasteiger partial charge in [0.25, 0.3) is 0 Å². The van der Waals surface area contributed by atoms with Gasteiger partial charge in [0.2, 0.25) is 5.91 Å². The standard InChI is InChI=1S/C12H21NO3S2/c1-2-13(9-12(15)16)11(14)6-4-3-5-10-7-8-17-18-10/h10H,2-9H2,1H3,(H,15,16)/t10-/m1/s1. The molecule has 104 valence electrons. The maximum atomic E-state index is 11.8. The second-order valence-corrected chi connectivity index (χ2v) is 7.16. The lowest BCUT2D eigenvalue weighted by atomic mass is 10.1. The number of carboxylic acid groups (broad SMARTS) is 1. The Hall–Kier alpha value is -0.360. The zero-order valence-corrected chi connectivity index (χ0v) is 12.4. The largest absolute Gasteiger partial charge is 0.480 e. The van der Waals surface area contributed by atoms with E-state index in [9.17, 15) is 9.59 Å². The van der Waals surface area contributed by atoms with Gasteiger partial charge in [0.15, 0.2) is 0 Å². The molecule has 0 bridgehead atoms. The summed E-state index contributed by atoms with van der Waals surface area (Å²) in [6, 6.07) is 0. The molecule has 0 aliphatic carbocycles. The van der Waals surface area contributed by atoms with Crippen molar-refractivity contribution < 1.29 is 14.7 Å². The minimum atomic E-state index is -0.940. The lowest BCUT2D eigenvalue weighted by Gasteiger charge is -2.18. The minimum absolute atomic E-state index is 0.0339. The molecule has 0 spiro atoms. The van der Waals surface area contributed by atoms with E-state index in [1.807, 2.05) is 28.5 Å². The van der Waals surface area contributed by atoms with Crippen LogP contribution in [-0.2, 0) is 9.59 Å². The van der Waals surface area contributed by atoms with Crippen molar-refractivity contribution in [1.29, 1.82) is 0 Å². The lowest BCUT2D eigenvalue weighted by Crippen LogP contribution is -2.35. The molecule has 1 aliphatic heterocycles. The first-order valence-corrected chi connectivity index (χ1v) is 8.79. The summed E-state index contributed by atoms with van der Waals surface area (Å²) in [5.41, 5.74) is 0. The molecule has 0 radical (unpaired) electrons. The molecule has 1 rings (SSSR count). The van der Waals surface area contributed by atoms with Crippen LogP contribution in [0.1, 0.15) is 39.0 Å². The van der Waals surface area contributed by atoms with Gasteiger partial charge in [-0.3, -0.25) is 9.59 Å². The fourth-order valence-electron chi connectivity index (χ4n) is 1.91. The number of hydrogen-bond acceptors (Lipinski definition) is 4. The van der Waals surface area contributed by atoms with E-state index in [2.05, 4.69) is 0 Å². The van der Waals surface area contributed by atoms with Crippen LogP contribution in [0.15, 0.2) is 0 Å². The summed E-state index contributed by atoms with van der Waals surface area (Å²) in [5, 5.41) is 9.44. The van der Waals surface area contributed by atoms with Gasteiger partial charge in [-0.25, -0.2) is 0 Å². The molecular weight excluding hydrogens is 270 g/mol. The predicted octanol–water partition coefficient (Wildman–Crippen LogP) is 2.63. The average molecular weight is 291 g/mol. The summed E-state index contributed by atoms with van der Waals surface area (Å²) in [6.07, 6.45) is 4.87. The molecule has 1 saturated heterocycles. The van der Waals surface area contributed by atoms with Crippen LogP contribution in [0.4, 0.5) is 0 Å². The molecule has 0 unspecified atom stereocenters. The Morgan fingerprint density at radius 3 is 2.72 bits per heavy atom. The van der Waals surface area contributed by atoms with Crippen LogP contribution in [0.25, 0.3) is 0 Å². The summed E-state index contributed by atoms with van der Waals surface area (Å²) in [5.74, 6) is 0.272. The van der Waals surface area contributed by atoms with Crippen molar-refractivity contribution in [2.24, 2.45) is 0 Å². The van der Waals surface area contributed by atoms with Gasteiger partial charge in [-0.2, -0.15) is 0 Å². The number of carbonyl (C=O) groups is 2. The highest BCUT2D eigenvalue weighted by Gasteiger charge is 2.17. The average Bonchev–Trinajstić information content (AvgIpc) is 2.84. The highest BCUT2D eigenvalue weighted by atomic mass is 33.1. The zero-order valence-electron chi connectivity index (χ0n) is 10.8. The van der Waals surface area contributed by atoms with E-state index in [4.69, 9.17) is 5.11 Å². The third kappa shape index (κ3) is 6.00. The Kier molecular flexibility index (Phi) is 7.58. The van der Waals surface area contributed by atoms with E-state index >= 15 is 0 Å². The van der Waals surface area contributed by atoms with Crippen molar-refractivity contribution in [3.05, 3.63) is 0 Å². The van der Waals surface area contributed by atoms with Crippen LogP contribution in [0.2, 0.25) is 0 Å². The van der Waals surface area contributed by atoms with Crippen LogP contribution in [0, 0.1) is 0 Å². The summed E-state index contributed by atoms with van der Waals surface area (Å²) in [4.78, 5) is 23.7. The van der Waals surface area contributed by atoms with E-state index in [0.29, 0.717) is 13.0 Å². The Balaban J connectivity index is 2.12. The number of amides is 1. The second-order valence-electron chi connectivity index (χ2n) is 4.38. The van der Waals surface area contributed by atoms with Gasteiger partial charge in [0.05, 0.1) is 0 Å². The van der Waals surface area contributed by atoms with Gasteiger partial charge in [-0.1, -0.05) is 28.0 Å². The van der Waals surface area contributed by atoms with Gasteiger partial charge in [-0.15, -0.1) is 0 Å². The fourth-order valence-corrected chi connectivity index (χ4v) is 4.94. The molecule has 1 atom stereocenters. The summed E-state index contributed by atoms with van der Waals surface area (Å²) < 4.78 is 0. The monoisotopic (exact) mass is 291 g/mol. The third-order valence-electron chi connectivity index (χ3n) is 2.95. The molecule has 1 heterocycles. The molecule has 1 aliphatic rings. The Morgan fingerprint density at radius 1 is 1.39 bits per heavy atom. The number of unbranched alkanes of at least 4 members (excludes halogenated alkanes) is 1. The number of hydrogen-bond donors (Lipinski definition) is 1. The van der Waals surface area contributed by atoms with Crippen LogP contribution >= 0.6 is 21.6 Å². The Bertz CT molecular complexity index is 280. The molecule has 1 fully saturated rings. The number of rotatable bonds is 8. The van der Waals surface area contributed by atoms with Gasteiger partial charge < -0.3 is 10.0 Å². The molecule has 1 amide bonds. The summed E-state index contributed by atoms with van der Waals surface area (Å²) in [7, 11) is 3.90. The quantitative estimate of drug-likeness (QED) is 0.550. The fraction of sp³-hybridized carbons (Fsp3) is 0.833. The van der Waals surface area contributed by atoms with Crippen LogP contribution < -0.4 is 0 Å². The number of aliphatic carboxylic acids is 1. The van der Waals surface area contributed by atoms with Crippen molar-refractivity contribution in [2.45, 2.75) is 44.3 Å². The number of carboxylic acids is 1. The molecule has 0 aromatic rings. The maximum absolute atomic E-state index is 11.8. The number of nitrogens with zero attached hydrogens (tertiary/aromatic N) is 1. The number of carbonyl (C=O) groups excluding carboxylic acids is 1. The first-order chi connectivity index (χ1) is 8.63. The van der Waals surface area contributed by atoms with Crippen molar-refractivity contribution in [3.63, 3.8) is 0 Å². The molecule has 0 saturated carbocycles.